The van der Waals surface area contributed by atoms with Crippen LogP contribution in [0.25, 0.3) is 11.1 Å². The third kappa shape index (κ3) is 4.14. The third-order valence-electron chi connectivity index (χ3n) is 2.21. The molecule has 1 saturated heterocycles. The predicted molar refractivity (Wildman–Crippen MR) is 71.9 cm³/mol. The van der Waals surface area contributed by atoms with Crippen molar-refractivity contribution in [3.05, 3.63) is 60.7 Å². The minimum Gasteiger partial charge on any atom is -0.167 e. The first-order chi connectivity index (χ1) is 9.38. The molecule has 0 bridgehead atoms. The van der Waals surface area contributed by atoms with E-state index < -0.39 is 20.8 Å². The quantitative estimate of drug-likeness (QED) is 0.798. The summed E-state index contributed by atoms with van der Waals surface area (Å²) in [5, 5.41) is 0. The Bertz CT molecular complexity index is 682. The molecule has 0 amide bonds. The molecule has 2 aromatic carbocycles. The van der Waals surface area contributed by atoms with E-state index in [1.807, 2.05) is 12.1 Å². The van der Waals surface area contributed by atoms with E-state index in [1.54, 1.807) is 0 Å². The molecular formula is C12H10O6S2. The Morgan fingerprint density at radius 2 is 0.850 bits per heavy atom. The van der Waals surface area contributed by atoms with Gasteiger partial charge in [-0.3, -0.25) is 0 Å². The topological polar surface area (TPSA) is 86.7 Å². The van der Waals surface area contributed by atoms with Crippen molar-refractivity contribution in [3.63, 3.8) is 0 Å². The van der Waals surface area contributed by atoms with E-state index in [-0.39, 0.29) is 0 Å². The van der Waals surface area contributed by atoms with Crippen molar-refractivity contribution in [2.75, 3.05) is 0 Å². The van der Waals surface area contributed by atoms with Gasteiger partial charge in [0.25, 0.3) is 0 Å². The SMILES string of the molecule is O=S1(=O)OS(=O)(=O)O1.c1ccc(-c2ccccc2)cc1. The van der Waals surface area contributed by atoms with Gasteiger partial charge < -0.3 is 0 Å². The van der Waals surface area contributed by atoms with Crippen molar-refractivity contribution in [2.45, 2.75) is 0 Å². The average molecular weight is 314 g/mol. The van der Waals surface area contributed by atoms with Crippen molar-refractivity contribution in [3.8, 4) is 11.1 Å². The molecular weight excluding hydrogens is 304 g/mol. The molecule has 0 spiro atoms. The van der Waals surface area contributed by atoms with Gasteiger partial charge in [0, 0.05) is 0 Å². The lowest BCUT2D eigenvalue weighted by Gasteiger charge is -2.09. The Hall–Kier alpha value is -1.74. The molecule has 0 saturated carbocycles. The Balaban J connectivity index is 0.000000160. The second-order valence-corrected chi connectivity index (χ2v) is 6.41. The lowest BCUT2D eigenvalue weighted by molar-refractivity contribution is 0.293. The largest absolute Gasteiger partial charge is 0.432 e. The van der Waals surface area contributed by atoms with Crippen LogP contribution >= 0.6 is 0 Å². The van der Waals surface area contributed by atoms with E-state index in [1.165, 1.54) is 11.1 Å². The number of benzene rings is 2. The molecule has 1 aliphatic rings. The van der Waals surface area contributed by atoms with Crippen LogP contribution in [0.1, 0.15) is 0 Å². The minimum atomic E-state index is -4.18. The number of hydrogen-bond acceptors (Lipinski definition) is 6. The zero-order valence-electron chi connectivity index (χ0n) is 10.0. The highest BCUT2D eigenvalue weighted by atomic mass is 32.4. The van der Waals surface area contributed by atoms with Crippen LogP contribution in [-0.2, 0) is 28.1 Å². The van der Waals surface area contributed by atoms with Crippen LogP contribution in [-0.4, -0.2) is 16.8 Å². The zero-order valence-corrected chi connectivity index (χ0v) is 11.7. The Morgan fingerprint density at radius 3 is 1.05 bits per heavy atom. The Labute approximate surface area is 117 Å². The highest BCUT2D eigenvalue weighted by Gasteiger charge is 2.42. The second kappa shape index (κ2) is 5.71. The molecule has 6 nitrogen and oxygen atoms in total. The summed E-state index contributed by atoms with van der Waals surface area (Å²) >= 11 is 0. The van der Waals surface area contributed by atoms with Crippen molar-refractivity contribution in [1.82, 2.24) is 0 Å². The maximum absolute atomic E-state index is 9.68. The van der Waals surface area contributed by atoms with Crippen LogP contribution in [0.4, 0.5) is 0 Å². The molecule has 0 aliphatic carbocycles. The van der Waals surface area contributed by atoms with E-state index in [4.69, 9.17) is 0 Å². The smallest absolute Gasteiger partial charge is 0.167 e. The number of rotatable bonds is 1. The van der Waals surface area contributed by atoms with Gasteiger partial charge in [-0.25, -0.2) is 0 Å². The van der Waals surface area contributed by atoms with Crippen molar-refractivity contribution in [2.24, 2.45) is 0 Å². The third-order valence-corrected chi connectivity index (χ3v) is 4.88. The first kappa shape index (κ1) is 14.7. The van der Waals surface area contributed by atoms with Gasteiger partial charge in [0.05, 0.1) is 0 Å². The molecule has 2 aromatic rings. The van der Waals surface area contributed by atoms with Crippen molar-refractivity contribution >= 4 is 20.8 Å². The van der Waals surface area contributed by atoms with Crippen LogP contribution in [0.2, 0.25) is 0 Å². The summed E-state index contributed by atoms with van der Waals surface area (Å²) in [5.41, 5.74) is 2.55. The molecule has 106 valence electrons. The lowest BCUT2D eigenvalue weighted by Crippen LogP contribution is -2.30. The summed E-state index contributed by atoms with van der Waals surface area (Å²) in [7, 11) is -8.35. The molecule has 1 heterocycles. The lowest BCUT2D eigenvalue weighted by atomic mass is 10.1. The molecule has 1 aliphatic heterocycles. The Morgan fingerprint density at radius 1 is 0.550 bits per heavy atom. The first-order valence-electron chi connectivity index (χ1n) is 5.40. The highest BCUT2D eigenvalue weighted by Crippen LogP contribution is 2.18. The van der Waals surface area contributed by atoms with Gasteiger partial charge in [-0.1, -0.05) is 67.9 Å². The van der Waals surface area contributed by atoms with Crippen LogP contribution in [0, 0.1) is 0 Å². The summed E-state index contributed by atoms with van der Waals surface area (Å²) in [4.78, 5) is 0. The molecule has 1 fully saturated rings. The van der Waals surface area contributed by atoms with Crippen LogP contribution in [0.5, 0.6) is 0 Å². The second-order valence-electron chi connectivity index (χ2n) is 3.68. The van der Waals surface area contributed by atoms with E-state index >= 15 is 0 Å². The molecule has 0 unspecified atom stereocenters. The number of hydrogen-bond donors (Lipinski definition) is 0. The molecule has 3 rings (SSSR count). The molecule has 0 atom stereocenters. The maximum atomic E-state index is 9.68. The van der Waals surface area contributed by atoms with Gasteiger partial charge in [-0.2, -0.15) is 16.8 Å². The molecule has 0 aromatic heterocycles. The summed E-state index contributed by atoms with van der Waals surface area (Å²) in [6.45, 7) is 0. The van der Waals surface area contributed by atoms with Crippen LogP contribution < -0.4 is 0 Å². The summed E-state index contributed by atoms with van der Waals surface area (Å²) < 4.78 is 45.2. The van der Waals surface area contributed by atoms with Crippen molar-refractivity contribution in [1.29, 1.82) is 0 Å². The van der Waals surface area contributed by atoms with E-state index in [9.17, 15) is 16.8 Å². The van der Waals surface area contributed by atoms with Gasteiger partial charge in [0.1, 0.15) is 0 Å². The maximum Gasteiger partial charge on any atom is 0.432 e. The summed E-state index contributed by atoms with van der Waals surface area (Å²) in [5.74, 6) is 0. The first-order valence-corrected chi connectivity index (χ1v) is 8.07. The predicted octanol–water partition coefficient (Wildman–Crippen LogP) is 1.88. The molecule has 0 radical (unpaired) electrons. The molecule has 0 N–H and O–H groups in total. The average Bonchev–Trinajstić information content (AvgIpc) is 2.38. The van der Waals surface area contributed by atoms with Gasteiger partial charge in [0.2, 0.25) is 0 Å². The van der Waals surface area contributed by atoms with Gasteiger partial charge in [-0.15, -0.1) is 0 Å². The van der Waals surface area contributed by atoms with Crippen molar-refractivity contribution < 1.29 is 24.1 Å². The summed E-state index contributed by atoms with van der Waals surface area (Å²) in [6.07, 6.45) is 0. The van der Waals surface area contributed by atoms with E-state index in [0.29, 0.717) is 0 Å². The van der Waals surface area contributed by atoms with Gasteiger partial charge in [0.15, 0.2) is 0 Å². The van der Waals surface area contributed by atoms with Gasteiger partial charge >= 0.3 is 20.8 Å². The molecule has 8 heteroatoms. The minimum absolute atomic E-state index is 1.28. The van der Waals surface area contributed by atoms with E-state index in [0.717, 1.165) is 0 Å². The Kier molecular flexibility index (Phi) is 4.19. The summed E-state index contributed by atoms with van der Waals surface area (Å²) in [6, 6.07) is 20.8. The monoisotopic (exact) mass is 314 g/mol. The van der Waals surface area contributed by atoms with E-state index in [2.05, 4.69) is 55.8 Å². The zero-order chi connectivity index (χ0) is 14.6. The van der Waals surface area contributed by atoms with Crippen LogP contribution in [0.3, 0.4) is 0 Å². The fraction of sp³-hybridized carbons (Fsp3) is 0. The van der Waals surface area contributed by atoms with Gasteiger partial charge in [-0.05, 0) is 11.1 Å². The standard InChI is InChI=1S/C12H10.O6S2/c1-3-7-11(8-4-1)12-9-5-2-6-10-12;1-7(2)5-8(3,4)6-7/h1-10H;. The highest BCUT2D eigenvalue weighted by molar-refractivity contribution is 8.08. The fourth-order valence-electron chi connectivity index (χ4n) is 1.47. The fourth-order valence-corrected chi connectivity index (χ4v) is 3.14. The normalized spacial score (nSPS) is 18.2. The molecule has 20 heavy (non-hydrogen) atoms. The van der Waals surface area contributed by atoms with Crippen LogP contribution in [0.15, 0.2) is 60.7 Å².